The molecule has 2 rings (SSSR count). The van der Waals surface area contributed by atoms with E-state index in [1.54, 1.807) is 6.20 Å². The molecule has 0 radical (unpaired) electrons. The Kier molecular flexibility index (Phi) is 3.72. The van der Waals surface area contributed by atoms with Crippen LogP contribution < -0.4 is 5.32 Å². The lowest BCUT2D eigenvalue weighted by Gasteiger charge is -2.10. The fraction of sp³-hybridized carbons (Fsp3) is 0.455. The number of nitrogens with one attached hydrogen (secondary N) is 1. The van der Waals surface area contributed by atoms with Gasteiger partial charge in [-0.2, -0.15) is 0 Å². The molecule has 1 unspecified atom stereocenters. The highest BCUT2D eigenvalue weighted by molar-refractivity contribution is 9.10. The molecule has 5 nitrogen and oxygen atoms in total. The van der Waals surface area contributed by atoms with Gasteiger partial charge in [-0.15, -0.1) is 0 Å². The van der Waals surface area contributed by atoms with Gasteiger partial charge in [0.15, 0.2) is 9.84 Å². The average Bonchev–Trinajstić information content (AvgIpc) is 2.63. The number of rotatable bonds is 2. The third-order valence-corrected chi connectivity index (χ3v) is 5.20. The molecule has 18 heavy (non-hydrogen) atoms. The molecule has 1 aliphatic rings. The van der Waals surface area contributed by atoms with Crippen LogP contribution in [-0.2, 0) is 14.6 Å². The van der Waals surface area contributed by atoms with Gasteiger partial charge in [-0.1, -0.05) is 0 Å². The predicted molar refractivity (Wildman–Crippen MR) is 72.1 cm³/mol. The van der Waals surface area contributed by atoms with Gasteiger partial charge in [-0.3, -0.25) is 4.79 Å². The van der Waals surface area contributed by atoms with Crippen molar-refractivity contribution >= 4 is 37.5 Å². The van der Waals surface area contributed by atoms with E-state index in [1.807, 2.05) is 13.0 Å². The van der Waals surface area contributed by atoms with Crippen LogP contribution in [0.25, 0.3) is 0 Å². The van der Waals surface area contributed by atoms with Crippen LogP contribution in [0.15, 0.2) is 16.7 Å². The predicted octanol–water partition coefficient (Wildman–Crippen LogP) is 1.53. The van der Waals surface area contributed by atoms with Gasteiger partial charge >= 0.3 is 0 Å². The van der Waals surface area contributed by atoms with Crippen molar-refractivity contribution in [2.45, 2.75) is 13.3 Å². The van der Waals surface area contributed by atoms with Crippen molar-refractivity contribution in [2.24, 2.45) is 5.92 Å². The molecule has 1 N–H and O–H groups in total. The molecule has 0 aromatic carbocycles. The zero-order chi connectivity index (χ0) is 13.3. The molecule has 0 bridgehead atoms. The van der Waals surface area contributed by atoms with Gasteiger partial charge in [-0.05, 0) is 40.9 Å². The van der Waals surface area contributed by atoms with E-state index < -0.39 is 15.8 Å². The van der Waals surface area contributed by atoms with Gasteiger partial charge in [0.1, 0.15) is 5.82 Å². The van der Waals surface area contributed by atoms with E-state index in [-0.39, 0.29) is 17.4 Å². The summed E-state index contributed by atoms with van der Waals surface area (Å²) in [5, 5.41) is 2.66. The smallest absolute Gasteiger partial charge is 0.229 e. The van der Waals surface area contributed by atoms with Crippen LogP contribution in [0.2, 0.25) is 0 Å². The molecule has 1 atom stereocenters. The molecule has 1 saturated heterocycles. The summed E-state index contributed by atoms with van der Waals surface area (Å²) in [6.45, 7) is 1.90. The van der Waals surface area contributed by atoms with E-state index in [9.17, 15) is 13.2 Å². The topological polar surface area (TPSA) is 76.1 Å². The number of carbonyl (C=O) groups excluding carboxylic acids is 1. The fourth-order valence-corrected chi connectivity index (χ4v) is 4.15. The molecule has 0 aliphatic carbocycles. The standard InChI is InChI=1S/C11H13BrN2O3S/c1-7-4-9(12)10(13-5-7)14-11(15)8-2-3-18(16,17)6-8/h4-5,8H,2-3,6H2,1H3,(H,13,14,15). The molecule has 1 fully saturated rings. The Morgan fingerprint density at radius 1 is 1.56 bits per heavy atom. The summed E-state index contributed by atoms with van der Waals surface area (Å²) in [4.78, 5) is 16.0. The first-order valence-electron chi connectivity index (χ1n) is 5.51. The van der Waals surface area contributed by atoms with Crippen molar-refractivity contribution < 1.29 is 13.2 Å². The van der Waals surface area contributed by atoms with Crippen LogP contribution in [-0.4, -0.2) is 30.8 Å². The van der Waals surface area contributed by atoms with Crippen molar-refractivity contribution in [3.63, 3.8) is 0 Å². The van der Waals surface area contributed by atoms with E-state index in [2.05, 4.69) is 26.2 Å². The molecule has 7 heteroatoms. The summed E-state index contributed by atoms with van der Waals surface area (Å²) in [5.74, 6) is -0.302. The maximum atomic E-state index is 11.9. The highest BCUT2D eigenvalue weighted by Crippen LogP contribution is 2.24. The van der Waals surface area contributed by atoms with Crippen LogP contribution in [0.3, 0.4) is 0 Å². The molecule has 98 valence electrons. The van der Waals surface area contributed by atoms with Crippen LogP contribution in [0, 0.1) is 12.8 Å². The summed E-state index contributed by atoms with van der Waals surface area (Å²) in [6.07, 6.45) is 2.03. The molecule has 1 aromatic rings. The monoisotopic (exact) mass is 332 g/mol. The van der Waals surface area contributed by atoms with Gasteiger partial charge in [0.05, 0.1) is 21.9 Å². The quantitative estimate of drug-likeness (QED) is 0.890. The fourth-order valence-electron chi connectivity index (χ4n) is 1.85. The first kappa shape index (κ1) is 13.5. The van der Waals surface area contributed by atoms with E-state index in [4.69, 9.17) is 0 Å². The number of sulfone groups is 1. The van der Waals surface area contributed by atoms with Gasteiger partial charge in [-0.25, -0.2) is 13.4 Å². The highest BCUT2D eigenvalue weighted by Gasteiger charge is 2.33. The molecule has 2 heterocycles. The van der Waals surface area contributed by atoms with Gasteiger partial charge < -0.3 is 5.32 Å². The lowest BCUT2D eigenvalue weighted by atomic mass is 10.1. The maximum absolute atomic E-state index is 11.9. The normalized spacial score (nSPS) is 21.8. The number of hydrogen-bond donors (Lipinski definition) is 1. The van der Waals surface area contributed by atoms with E-state index >= 15 is 0 Å². The number of nitrogens with zero attached hydrogens (tertiary/aromatic N) is 1. The van der Waals surface area contributed by atoms with Crippen molar-refractivity contribution in [1.82, 2.24) is 4.98 Å². The van der Waals surface area contributed by atoms with Crippen molar-refractivity contribution in [1.29, 1.82) is 0 Å². The zero-order valence-electron chi connectivity index (χ0n) is 9.81. The van der Waals surface area contributed by atoms with Crippen molar-refractivity contribution in [3.8, 4) is 0 Å². The Morgan fingerprint density at radius 2 is 2.28 bits per heavy atom. The van der Waals surface area contributed by atoms with Crippen LogP contribution in [0.1, 0.15) is 12.0 Å². The van der Waals surface area contributed by atoms with Gasteiger partial charge in [0.2, 0.25) is 5.91 Å². The number of aromatic nitrogens is 1. The Bertz CT molecular complexity index is 586. The van der Waals surface area contributed by atoms with Crippen LogP contribution in [0.5, 0.6) is 0 Å². The SMILES string of the molecule is Cc1cnc(NC(=O)C2CCS(=O)(=O)C2)c(Br)c1. The second kappa shape index (κ2) is 4.97. The van der Waals surface area contributed by atoms with Gasteiger partial charge in [0, 0.05) is 6.20 Å². The van der Waals surface area contributed by atoms with Gasteiger partial charge in [0.25, 0.3) is 0 Å². The molecule has 1 aliphatic heterocycles. The first-order chi connectivity index (χ1) is 8.37. The molecular formula is C11H13BrN2O3S. The highest BCUT2D eigenvalue weighted by atomic mass is 79.9. The number of hydrogen-bond acceptors (Lipinski definition) is 4. The Labute approximate surface area is 114 Å². The van der Waals surface area contributed by atoms with Crippen LogP contribution >= 0.6 is 15.9 Å². The second-order valence-electron chi connectivity index (χ2n) is 4.43. The lowest BCUT2D eigenvalue weighted by Crippen LogP contribution is -2.24. The summed E-state index contributed by atoms with van der Waals surface area (Å²) in [7, 11) is -3.04. The summed E-state index contributed by atoms with van der Waals surface area (Å²) < 4.78 is 23.3. The average molecular weight is 333 g/mol. The molecule has 0 saturated carbocycles. The van der Waals surface area contributed by atoms with E-state index in [1.165, 1.54) is 0 Å². The zero-order valence-corrected chi connectivity index (χ0v) is 12.2. The third kappa shape index (κ3) is 3.08. The minimum atomic E-state index is -3.04. The lowest BCUT2D eigenvalue weighted by molar-refractivity contribution is -0.119. The number of aryl methyl sites for hydroxylation is 1. The number of anilines is 1. The molecular weight excluding hydrogens is 320 g/mol. The largest absolute Gasteiger partial charge is 0.309 e. The number of halogens is 1. The first-order valence-corrected chi connectivity index (χ1v) is 8.12. The summed E-state index contributed by atoms with van der Waals surface area (Å²) in [6, 6.07) is 1.84. The Morgan fingerprint density at radius 3 is 2.83 bits per heavy atom. The maximum Gasteiger partial charge on any atom is 0.229 e. The summed E-state index contributed by atoms with van der Waals surface area (Å²) >= 11 is 3.31. The van der Waals surface area contributed by atoms with E-state index in [0.29, 0.717) is 16.7 Å². The molecule has 1 aromatic heterocycles. The molecule has 1 amide bonds. The minimum absolute atomic E-state index is 0.0671. The Hall–Kier alpha value is -0.950. The van der Waals surface area contributed by atoms with Crippen molar-refractivity contribution in [3.05, 3.63) is 22.3 Å². The van der Waals surface area contributed by atoms with Crippen LogP contribution in [0.4, 0.5) is 5.82 Å². The van der Waals surface area contributed by atoms with Crippen molar-refractivity contribution in [2.75, 3.05) is 16.8 Å². The third-order valence-electron chi connectivity index (χ3n) is 2.82. The number of amides is 1. The number of pyridine rings is 1. The Balaban J connectivity index is 2.08. The van der Waals surface area contributed by atoms with E-state index in [0.717, 1.165) is 5.56 Å². The number of carbonyl (C=O) groups is 1. The second-order valence-corrected chi connectivity index (χ2v) is 7.52. The summed E-state index contributed by atoms with van der Waals surface area (Å²) in [5.41, 5.74) is 0.975. The molecule has 0 spiro atoms. The minimum Gasteiger partial charge on any atom is -0.309 e.